The lowest BCUT2D eigenvalue weighted by atomic mass is 10.1. The van der Waals surface area contributed by atoms with Crippen molar-refractivity contribution in [3.05, 3.63) is 18.2 Å². The molecule has 0 unspecified atom stereocenters. The van der Waals surface area contributed by atoms with Crippen LogP contribution in [0.15, 0.2) is 18.2 Å². The number of anilines is 1. The number of fused-ring (bicyclic) bond motifs is 1. The third kappa shape index (κ3) is 2.23. The molecule has 0 atom stereocenters. The minimum absolute atomic E-state index is 0.193. The molecule has 1 aromatic rings. The van der Waals surface area contributed by atoms with Crippen molar-refractivity contribution in [1.82, 2.24) is 0 Å². The third-order valence-electron chi connectivity index (χ3n) is 3.53. The van der Waals surface area contributed by atoms with E-state index in [9.17, 15) is 0 Å². The van der Waals surface area contributed by atoms with Gasteiger partial charge in [-0.25, -0.2) is 5.90 Å². The van der Waals surface area contributed by atoms with E-state index in [4.69, 9.17) is 20.2 Å². The molecule has 2 aliphatic heterocycles. The van der Waals surface area contributed by atoms with Crippen LogP contribution in [0.5, 0.6) is 11.5 Å². The molecule has 0 bridgehead atoms. The topological polar surface area (TPSA) is 57.0 Å². The number of piperidine rings is 1. The average molecular weight is 250 g/mol. The number of nitrogens with zero attached hydrogens (tertiary/aromatic N) is 1. The molecule has 2 N–H and O–H groups in total. The van der Waals surface area contributed by atoms with Crippen molar-refractivity contribution in [2.75, 3.05) is 31.2 Å². The van der Waals surface area contributed by atoms with Gasteiger partial charge < -0.3 is 19.2 Å². The van der Waals surface area contributed by atoms with Gasteiger partial charge >= 0.3 is 0 Å². The summed E-state index contributed by atoms with van der Waals surface area (Å²) in [6, 6.07) is 6.12. The molecule has 18 heavy (non-hydrogen) atoms. The van der Waals surface area contributed by atoms with Gasteiger partial charge in [0, 0.05) is 24.8 Å². The standard InChI is InChI=1S/C13H18N2O3/c14-18-11-3-5-15(6-4-11)10-1-2-12-13(9-10)17-8-7-16-12/h1-2,9,11H,3-8,14H2. The monoisotopic (exact) mass is 250 g/mol. The molecular weight excluding hydrogens is 232 g/mol. The van der Waals surface area contributed by atoms with E-state index in [0.29, 0.717) is 13.2 Å². The van der Waals surface area contributed by atoms with Gasteiger partial charge in [-0.3, -0.25) is 0 Å². The zero-order valence-corrected chi connectivity index (χ0v) is 10.3. The first kappa shape index (κ1) is 11.6. The molecule has 0 aromatic heterocycles. The molecule has 1 fully saturated rings. The average Bonchev–Trinajstić information content (AvgIpc) is 2.47. The van der Waals surface area contributed by atoms with E-state index >= 15 is 0 Å². The fourth-order valence-corrected chi connectivity index (χ4v) is 2.48. The summed E-state index contributed by atoms with van der Waals surface area (Å²) in [5.74, 6) is 6.91. The Morgan fingerprint density at radius 2 is 1.83 bits per heavy atom. The van der Waals surface area contributed by atoms with Gasteiger partial charge in [-0.2, -0.15) is 0 Å². The fourth-order valence-electron chi connectivity index (χ4n) is 2.48. The number of hydrogen-bond donors (Lipinski definition) is 1. The second-order valence-corrected chi connectivity index (χ2v) is 4.65. The predicted octanol–water partition coefficient (Wildman–Crippen LogP) is 1.32. The fraction of sp³-hybridized carbons (Fsp3) is 0.538. The molecule has 0 saturated carbocycles. The Labute approximate surface area is 106 Å². The number of ether oxygens (including phenoxy) is 2. The zero-order valence-electron chi connectivity index (χ0n) is 10.3. The van der Waals surface area contributed by atoms with Crippen LogP contribution >= 0.6 is 0 Å². The molecule has 0 aliphatic carbocycles. The maximum Gasteiger partial charge on any atom is 0.163 e. The van der Waals surface area contributed by atoms with Gasteiger partial charge in [-0.1, -0.05) is 0 Å². The zero-order chi connectivity index (χ0) is 12.4. The number of rotatable bonds is 2. The van der Waals surface area contributed by atoms with Gasteiger partial charge in [-0.05, 0) is 25.0 Å². The van der Waals surface area contributed by atoms with Crippen LogP contribution in [0.4, 0.5) is 5.69 Å². The normalized spacial score (nSPS) is 19.9. The Hall–Kier alpha value is -1.46. The second kappa shape index (κ2) is 5.04. The minimum atomic E-state index is 0.193. The third-order valence-corrected chi connectivity index (χ3v) is 3.53. The Balaban J connectivity index is 1.73. The highest BCUT2D eigenvalue weighted by molar-refractivity contribution is 5.57. The van der Waals surface area contributed by atoms with Crippen molar-refractivity contribution in [3.63, 3.8) is 0 Å². The first-order valence-electron chi connectivity index (χ1n) is 6.37. The highest BCUT2D eigenvalue weighted by Crippen LogP contribution is 2.34. The van der Waals surface area contributed by atoms with Crippen LogP contribution in [-0.2, 0) is 4.84 Å². The lowest BCUT2D eigenvalue weighted by molar-refractivity contribution is 0.0367. The van der Waals surface area contributed by atoms with E-state index < -0.39 is 0 Å². The summed E-state index contributed by atoms with van der Waals surface area (Å²) in [7, 11) is 0. The summed E-state index contributed by atoms with van der Waals surface area (Å²) in [5, 5.41) is 0. The van der Waals surface area contributed by atoms with Crippen LogP contribution in [0.2, 0.25) is 0 Å². The number of benzene rings is 1. The van der Waals surface area contributed by atoms with Gasteiger partial charge in [0.2, 0.25) is 0 Å². The summed E-state index contributed by atoms with van der Waals surface area (Å²) < 4.78 is 11.1. The smallest absolute Gasteiger partial charge is 0.163 e. The Kier molecular flexibility index (Phi) is 3.25. The summed E-state index contributed by atoms with van der Waals surface area (Å²) >= 11 is 0. The Bertz CT molecular complexity index is 417. The summed E-state index contributed by atoms with van der Waals surface area (Å²) in [6.07, 6.45) is 2.12. The van der Waals surface area contributed by atoms with E-state index in [1.54, 1.807) is 0 Å². The highest BCUT2D eigenvalue weighted by atomic mass is 16.6. The highest BCUT2D eigenvalue weighted by Gasteiger charge is 2.21. The summed E-state index contributed by atoms with van der Waals surface area (Å²) in [5.41, 5.74) is 1.18. The maximum atomic E-state index is 5.60. The number of nitrogens with two attached hydrogens (primary N) is 1. The molecule has 1 saturated heterocycles. The molecule has 2 heterocycles. The van der Waals surface area contributed by atoms with Gasteiger partial charge in [0.25, 0.3) is 0 Å². The lowest BCUT2D eigenvalue weighted by Gasteiger charge is -2.33. The summed E-state index contributed by atoms with van der Waals surface area (Å²) in [4.78, 5) is 7.22. The van der Waals surface area contributed by atoms with E-state index in [1.165, 1.54) is 5.69 Å². The van der Waals surface area contributed by atoms with Crippen LogP contribution in [0.3, 0.4) is 0 Å². The van der Waals surface area contributed by atoms with E-state index in [0.717, 1.165) is 37.4 Å². The van der Waals surface area contributed by atoms with Gasteiger partial charge in [0.05, 0.1) is 6.10 Å². The van der Waals surface area contributed by atoms with Crippen LogP contribution in [0.25, 0.3) is 0 Å². The maximum absolute atomic E-state index is 5.60. The van der Waals surface area contributed by atoms with Crippen LogP contribution < -0.4 is 20.3 Å². The molecular formula is C13H18N2O3. The van der Waals surface area contributed by atoms with Crippen molar-refractivity contribution in [1.29, 1.82) is 0 Å². The second-order valence-electron chi connectivity index (χ2n) is 4.65. The largest absolute Gasteiger partial charge is 0.486 e. The van der Waals surface area contributed by atoms with Gasteiger partial charge in [0.1, 0.15) is 13.2 Å². The lowest BCUT2D eigenvalue weighted by Crippen LogP contribution is -2.38. The molecule has 0 amide bonds. The van der Waals surface area contributed by atoms with E-state index in [-0.39, 0.29) is 6.10 Å². The molecule has 98 valence electrons. The van der Waals surface area contributed by atoms with Crippen molar-refractivity contribution in [2.24, 2.45) is 5.90 Å². The molecule has 3 rings (SSSR count). The molecule has 5 heteroatoms. The quantitative estimate of drug-likeness (QED) is 0.802. The first-order valence-corrected chi connectivity index (χ1v) is 6.37. The van der Waals surface area contributed by atoms with Crippen molar-refractivity contribution < 1.29 is 14.3 Å². The SMILES string of the molecule is NOC1CCN(c2ccc3c(c2)OCCO3)CC1. The first-order chi connectivity index (χ1) is 8.86. The van der Waals surface area contributed by atoms with E-state index in [2.05, 4.69) is 17.0 Å². The molecule has 5 nitrogen and oxygen atoms in total. The van der Waals surface area contributed by atoms with Crippen molar-refractivity contribution in [3.8, 4) is 11.5 Å². The van der Waals surface area contributed by atoms with Crippen molar-refractivity contribution >= 4 is 5.69 Å². The molecule has 0 spiro atoms. The molecule has 0 radical (unpaired) electrons. The van der Waals surface area contributed by atoms with Crippen molar-refractivity contribution in [2.45, 2.75) is 18.9 Å². The van der Waals surface area contributed by atoms with E-state index in [1.807, 2.05) is 6.07 Å². The number of hydrogen-bond acceptors (Lipinski definition) is 5. The van der Waals surface area contributed by atoms with Crippen LogP contribution in [-0.4, -0.2) is 32.4 Å². The predicted molar refractivity (Wildman–Crippen MR) is 67.9 cm³/mol. The van der Waals surface area contributed by atoms with Crippen LogP contribution in [0.1, 0.15) is 12.8 Å². The molecule has 2 aliphatic rings. The van der Waals surface area contributed by atoms with Gasteiger partial charge in [-0.15, -0.1) is 0 Å². The Morgan fingerprint density at radius 1 is 1.11 bits per heavy atom. The Morgan fingerprint density at radius 3 is 2.56 bits per heavy atom. The van der Waals surface area contributed by atoms with Crippen LogP contribution in [0, 0.1) is 0 Å². The minimum Gasteiger partial charge on any atom is -0.486 e. The summed E-state index contributed by atoms with van der Waals surface area (Å²) in [6.45, 7) is 3.17. The van der Waals surface area contributed by atoms with Gasteiger partial charge in [0.15, 0.2) is 11.5 Å². The molecule has 1 aromatic carbocycles.